The fraction of sp³-hybridized carbons (Fsp3) is 0.250. The zero-order valence-corrected chi connectivity index (χ0v) is 15.5. The van der Waals surface area contributed by atoms with Crippen molar-refractivity contribution in [3.05, 3.63) is 47.5 Å². The normalized spacial score (nSPS) is 10.5. The average Bonchev–Trinajstić information content (AvgIpc) is 2.70. The summed E-state index contributed by atoms with van der Waals surface area (Å²) in [6, 6.07) is 8.45. The lowest BCUT2D eigenvalue weighted by Crippen LogP contribution is -1.98. The first-order valence-corrected chi connectivity index (χ1v) is 7.82. The summed E-state index contributed by atoms with van der Waals surface area (Å²) in [6.45, 7) is 0. The maximum absolute atomic E-state index is 12.5. The van der Waals surface area contributed by atoms with Crippen LogP contribution in [0.2, 0.25) is 0 Å². The van der Waals surface area contributed by atoms with Crippen LogP contribution in [0.3, 0.4) is 0 Å². The Bertz CT molecular complexity index is 785. The van der Waals surface area contributed by atoms with Crippen LogP contribution in [0, 0.1) is 0 Å². The Labute approximate surface area is 152 Å². The molecule has 0 fully saturated rings. The van der Waals surface area contributed by atoms with Gasteiger partial charge in [-0.25, -0.2) is 0 Å². The van der Waals surface area contributed by atoms with Crippen molar-refractivity contribution >= 4 is 11.9 Å². The molecule has 0 saturated carbocycles. The molecule has 0 bridgehead atoms. The fourth-order valence-corrected chi connectivity index (χ4v) is 2.44. The Morgan fingerprint density at radius 1 is 0.731 bits per heavy atom. The van der Waals surface area contributed by atoms with Crippen LogP contribution in [0.5, 0.6) is 28.7 Å². The van der Waals surface area contributed by atoms with Crippen molar-refractivity contribution in [3.8, 4) is 28.7 Å². The molecule has 0 atom stereocenters. The molecule has 0 radical (unpaired) electrons. The molecule has 2 aromatic carbocycles. The highest BCUT2D eigenvalue weighted by Gasteiger charge is 2.13. The van der Waals surface area contributed by atoms with Gasteiger partial charge in [-0.3, -0.25) is 4.79 Å². The van der Waals surface area contributed by atoms with Crippen LogP contribution in [-0.2, 0) is 0 Å². The lowest BCUT2D eigenvalue weighted by molar-refractivity contribution is 0.104. The van der Waals surface area contributed by atoms with Crippen molar-refractivity contribution < 1.29 is 28.5 Å². The van der Waals surface area contributed by atoms with Crippen molar-refractivity contribution in [2.24, 2.45) is 0 Å². The van der Waals surface area contributed by atoms with Gasteiger partial charge in [0.2, 0.25) is 0 Å². The minimum absolute atomic E-state index is 0.189. The number of hydrogen-bond donors (Lipinski definition) is 0. The monoisotopic (exact) mass is 358 g/mol. The molecule has 0 aliphatic heterocycles. The van der Waals surface area contributed by atoms with E-state index in [-0.39, 0.29) is 5.78 Å². The number of ketones is 1. The molecule has 0 aliphatic rings. The summed E-state index contributed by atoms with van der Waals surface area (Å²) in [7, 11) is 7.71. The van der Waals surface area contributed by atoms with Gasteiger partial charge in [0.25, 0.3) is 0 Å². The summed E-state index contributed by atoms with van der Waals surface area (Å²) in [5.41, 5.74) is 1.12. The number of hydrogen-bond acceptors (Lipinski definition) is 6. The van der Waals surface area contributed by atoms with Gasteiger partial charge >= 0.3 is 0 Å². The molecule has 0 aliphatic carbocycles. The lowest BCUT2D eigenvalue weighted by atomic mass is 10.1. The van der Waals surface area contributed by atoms with E-state index >= 15 is 0 Å². The summed E-state index contributed by atoms with van der Waals surface area (Å²) in [5.74, 6) is 2.54. The van der Waals surface area contributed by atoms with E-state index in [1.165, 1.54) is 13.2 Å². The highest BCUT2D eigenvalue weighted by molar-refractivity contribution is 6.07. The Kier molecular flexibility index (Phi) is 6.49. The van der Waals surface area contributed by atoms with Crippen LogP contribution in [0.15, 0.2) is 36.4 Å². The van der Waals surface area contributed by atoms with Crippen LogP contribution in [0.1, 0.15) is 15.9 Å². The van der Waals surface area contributed by atoms with Crippen molar-refractivity contribution in [3.63, 3.8) is 0 Å². The summed E-state index contributed by atoms with van der Waals surface area (Å²) in [4.78, 5) is 12.5. The van der Waals surface area contributed by atoms with Gasteiger partial charge in [0.1, 0.15) is 17.2 Å². The molecule has 0 saturated heterocycles. The molecule has 0 amide bonds. The van der Waals surface area contributed by atoms with Crippen LogP contribution >= 0.6 is 0 Å². The van der Waals surface area contributed by atoms with Gasteiger partial charge in [-0.2, -0.15) is 0 Å². The molecule has 0 aromatic heterocycles. The Balaban J connectivity index is 2.36. The van der Waals surface area contributed by atoms with Crippen molar-refractivity contribution in [2.45, 2.75) is 0 Å². The summed E-state index contributed by atoms with van der Waals surface area (Å²) in [5, 5.41) is 0. The maximum Gasteiger partial charge on any atom is 0.185 e. The van der Waals surface area contributed by atoms with Gasteiger partial charge < -0.3 is 23.7 Å². The second kappa shape index (κ2) is 8.80. The van der Waals surface area contributed by atoms with Crippen LogP contribution in [0.25, 0.3) is 6.08 Å². The van der Waals surface area contributed by atoms with Crippen LogP contribution in [-0.4, -0.2) is 41.3 Å². The van der Waals surface area contributed by atoms with Crippen LogP contribution in [0.4, 0.5) is 0 Å². The third kappa shape index (κ3) is 4.08. The van der Waals surface area contributed by atoms with Crippen molar-refractivity contribution in [1.82, 2.24) is 0 Å². The molecular weight excluding hydrogens is 336 g/mol. The third-order valence-corrected chi connectivity index (χ3v) is 3.82. The van der Waals surface area contributed by atoms with Crippen molar-refractivity contribution in [1.29, 1.82) is 0 Å². The Hall–Kier alpha value is -3.15. The minimum Gasteiger partial charge on any atom is -0.496 e. The molecular formula is C20H22O6. The van der Waals surface area contributed by atoms with Gasteiger partial charge in [0.05, 0.1) is 41.1 Å². The molecule has 0 heterocycles. The Morgan fingerprint density at radius 3 is 1.81 bits per heavy atom. The average molecular weight is 358 g/mol. The van der Waals surface area contributed by atoms with Crippen LogP contribution < -0.4 is 23.7 Å². The van der Waals surface area contributed by atoms with E-state index in [4.69, 9.17) is 23.7 Å². The number of allylic oxidation sites excluding steroid dienone is 1. The molecule has 0 spiro atoms. The maximum atomic E-state index is 12.5. The second-order valence-corrected chi connectivity index (χ2v) is 5.21. The first-order chi connectivity index (χ1) is 12.6. The molecule has 26 heavy (non-hydrogen) atoms. The predicted octanol–water partition coefficient (Wildman–Crippen LogP) is 3.63. The van der Waals surface area contributed by atoms with E-state index in [1.807, 2.05) is 0 Å². The molecule has 6 heteroatoms. The molecule has 0 N–H and O–H groups in total. The quantitative estimate of drug-likeness (QED) is 0.530. The SMILES string of the molecule is COc1cc(OC)c(C=CC(=O)c2ccc(OC)c(OC)c2)c(OC)c1. The van der Waals surface area contributed by atoms with E-state index in [0.717, 1.165) is 0 Å². The zero-order chi connectivity index (χ0) is 19.1. The number of benzene rings is 2. The third-order valence-electron chi connectivity index (χ3n) is 3.82. The smallest absolute Gasteiger partial charge is 0.185 e. The zero-order valence-electron chi connectivity index (χ0n) is 15.5. The van der Waals surface area contributed by atoms with E-state index in [1.54, 1.807) is 64.8 Å². The first-order valence-electron chi connectivity index (χ1n) is 7.82. The largest absolute Gasteiger partial charge is 0.496 e. The van der Waals surface area contributed by atoms with E-state index in [0.29, 0.717) is 39.9 Å². The number of carbonyl (C=O) groups is 1. The molecule has 2 rings (SSSR count). The lowest BCUT2D eigenvalue weighted by Gasteiger charge is -2.12. The van der Waals surface area contributed by atoms with Gasteiger partial charge in [0, 0.05) is 17.7 Å². The highest BCUT2D eigenvalue weighted by Crippen LogP contribution is 2.35. The summed E-state index contributed by atoms with van der Waals surface area (Å²) < 4.78 is 26.4. The standard InChI is InChI=1S/C20H22O6/c1-22-14-11-18(24-3)15(19(12-14)25-4)7-8-16(21)13-6-9-17(23-2)20(10-13)26-5/h6-12H,1-5H3. The molecule has 6 nitrogen and oxygen atoms in total. The van der Waals surface area contributed by atoms with Crippen molar-refractivity contribution in [2.75, 3.05) is 35.5 Å². The number of ether oxygens (including phenoxy) is 5. The second-order valence-electron chi connectivity index (χ2n) is 5.21. The molecule has 138 valence electrons. The number of methoxy groups -OCH3 is 5. The molecule has 0 unspecified atom stereocenters. The minimum atomic E-state index is -0.189. The fourth-order valence-electron chi connectivity index (χ4n) is 2.44. The summed E-state index contributed by atoms with van der Waals surface area (Å²) in [6.07, 6.45) is 3.10. The summed E-state index contributed by atoms with van der Waals surface area (Å²) >= 11 is 0. The van der Waals surface area contributed by atoms with E-state index < -0.39 is 0 Å². The van der Waals surface area contributed by atoms with E-state index in [9.17, 15) is 4.79 Å². The van der Waals surface area contributed by atoms with E-state index in [2.05, 4.69) is 0 Å². The van der Waals surface area contributed by atoms with Gasteiger partial charge in [-0.05, 0) is 30.4 Å². The molecule has 2 aromatic rings. The van der Waals surface area contributed by atoms with Gasteiger partial charge in [-0.15, -0.1) is 0 Å². The Morgan fingerprint density at radius 2 is 1.31 bits per heavy atom. The number of rotatable bonds is 8. The topological polar surface area (TPSA) is 63.2 Å². The predicted molar refractivity (Wildman–Crippen MR) is 99.0 cm³/mol. The highest BCUT2D eigenvalue weighted by atomic mass is 16.5. The van der Waals surface area contributed by atoms with Gasteiger partial charge in [-0.1, -0.05) is 0 Å². The first kappa shape index (κ1) is 19.2. The number of carbonyl (C=O) groups excluding carboxylic acids is 1. The van der Waals surface area contributed by atoms with Gasteiger partial charge in [0.15, 0.2) is 17.3 Å².